The molecule has 3 N–H and O–H groups in total. The second-order valence-corrected chi connectivity index (χ2v) is 7.08. The molecular formula is C16H31N3O. The standard InChI is InChI=1S/C16H31N3O/c1-12(2)11-19(14-6-7-14)10-8-13-5-4-9-16(13,18-3)15(17)20/h12-14,18H,4-11H2,1-3H3,(H2,17,20). The number of carbonyl (C=O) groups is 1. The summed E-state index contributed by atoms with van der Waals surface area (Å²) in [5, 5.41) is 3.24. The van der Waals surface area contributed by atoms with Gasteiger partial charge in [-0.25, -0.2) is 0 Å². The van der Waals surface area contributed by atoms with Gasteiger partial charge in [-0.3, -0.25) is 4.79 Å². The smallest absolute Gasteiger partial charge is 0.238 e. The third-order valence-electron chi connectivity index (χ3n) is 5.13. The van der Waals surface area contributed by atoms with Crippen LogP contribution in [0.4, 0.5) is 0 Å². The molecule has 2 atom stereocenters. The first kappa shape index (κ1) is 15.8. The summed E-state index contributed by atoms with van der Waals surface area (Å²) in [5.74, 6) is 0.951. The van der Waals surface area contributed by atoms with Crippen LogP contribution in [-0.4, -0.2) is 42.5 Å². The van der Waals surface area contributed by atoms with Crippen LogP contribution in [0.3, 0.4) is 0 Å². The molecule has 0 aromatic carbocycles. The van der Waals surface area contributed by atoms with E-state index in [1.165, 1.54) is 19.4 Å². The average molecular weight is 281 g/mol. The van der Waals surface area contributed by atoms with E-state index in [0.29, 0.717) is 11.8 Å². The highest BCUT2D eigenvalue weighted by atomic mass is 16.1. The second-order valence-electron chi connectivity index (χ2n) is 7.08. The Bertz CT molecular complexity index is 341. The first-order valence-electron chi connectivity index (χ1n) is 8.22. The minimum atomic E-state index is -0.451. The molecule has 0 bridgehead atoms. The van der Waals surface area contributed by atoms with Crippen molar-refractivity contribution in [3.63, 3.8) is 0 Å². The number of nitrogens with zero attached hydrogens (tertiary/aromatic N) is 1. The minimum Gasteiger partial charge on any atom is -0.368 e. The highest BCUT2D eigenvalue weighted by molar-refractivity contribution is 5.85. The molecule has 2 saturated carbocycles. The van der Waals surface area contributed by atoms with Crippen molar-refractivity contribution in [3.8, 4) is 0 Å². The lowest BCUT2D eigenvalue weighted by Gasteiger charge is -2.34. The number of nitrogens with one attached hydrogen (secondary N) is 1. The average Bonchev–Trinajstić information content (AvgIpc) is 3.14. The van der Waals surface area contributed by atoms with Gasteiger partial charge in [0, 0.05) is 12.6 Å². The Morgan fingerprint density at radius 1 is 1.40 bits per heavy atom. The molecule has 0 heterocycles. The number of hydrogen-bond donors (Lipinski definition) is 2. The van der Waals surface area contributed by atoms with Crippen LogP contribution in [-0.2, 0) is 4.79 Å². The first-order chi connectivity index (χ1) is 9.49. The van der Waals surface area contributed by atoms with Crippen molar-refractivity contribution < 1.29 is 4.79 Å². The fourth-order valence-electron chi connectivity index (χ4n) is 3.90. The molecule has 0 aliphatic heterocycles. The van der Waals surface area contributed by atoms with E-state index in [2.05, 4.69) is 24.1 Å². The van der Waals surface area contributed by atoms with Crippen LogP contribution < -0.4 is 11.1 Å². The van der Waals surface area contributed by atoms with Gasteiger partial charge in [-0.2, -0.15) is 0 Å². The molecule has 4 heteroatoms. The Morgan fingerprint density at radius 3 is 2.60 bits per heavy atom. The van der Waals surface area contributed by atoms with E-state index in [4.69, 9.17) is 5.73 Å². The van der Waals surface area contributed by atoms with Crippen LogP contribution >= 0.6 is 0 Å². The lowest BCUT2D eigenvalue weighted by molar-refractivity contribution is -0.125. The SMILES string of the molecule is CNC1(C(N)=O)CCCC1CCN(CC(C)C)C1CC1. The summed E-state index contributed by atoms with van der Waals surface area (Å²) in [7, 11) is 1.88. The topological polar surface area (TPSA) is 58.4 Å². The first-order valence-corrected chi connectivity index (χ1v) is 8.22. The van der Waals surface area contributed by atoms with Crippen LogP contribution in [0.15, 0.2) is 0 Å². The van der Waals surface area contributed by atoms with E-state index >= 15 is 0 Å². The van der Waals surface area contributed by atoms with E-state index in [1.54, 1.807) is 0 Å². The zero-order chi connectivity index (χ0) is 14.8. The van der Waals surface area contributed by atoms with Crippen molar-refractivity contribution in [2.24, 2.45) is 17.6 Å². The van der Waals surface area contributed by atoms with E-state index < -0.39 is 5.54 Å². The van der Waals surface area contributed by atoms with E-state index in [0.717, 1.165) is 38.3 Å². The van der Waals surface area contributed by atoms with Gasteiger partial charge in [0.1, 0.15) is 5.54 Å². The molecule has 2 unspecified atom stereocenters. The third kappa shape index (κ3) is 3.34. The quantitative estimate of drug-likeness (QED) is 0.712. The lowest BCUT2D eigenvalue weighted by atomic mass is 9.84. The second kappa shape index (κ2) is 6.44. The van der Waals surface area contributed by atoms with E-state index in [1.807, 2.05) is 7.05 Å². The zero-order valence-electron chi connectivity index (χ0n) is 13.3. The van der Waals surface area contributed by atoms with Gasteiger partial charge in [0.2, 0.25) is 5.91 Å². The number of primary amides is 1. The number of likely N-dealkylation sites (N-methyl/N-ethyl adjacent to an activating group) is 1. The maximum Gasteiger partial charge on any atom is 0.238 e. The Labute approximate surface area is 123 Å². The fourth-order valence-corrected chi connectivity index (χ4v) is 3.90. The summed E-state index contributed by atoms with van der Waals surface area (Å²) in [6, 6.07) is 0.802. The van der Waals surface area contributed by atoms with Gasteiger partial charge in [-0.15, -0.1) is 0 Å². The molecule has 0 aromatic heterocycles. The largest absolute Gasteiger partial charge is 0.368 e. The molecule has 4 nitrogen and oxygen atoms in total. The molecule has 2 aliphatic carbocycles. The van der Waals surface area contributed by atoms with Gasteiger partial charge in [0.15, 0.2) is 0 Å². The Kier molecular flexibility index (Phi) is 5.08. The van der Waals surface area contributed by atoms with Crippen molar-refractivity contribution in [1.82, 2.24) is 10.2 Å². The van der Waals surface area contributed by atoms with Crippen molar-refractivity contribution in [3.05, 3.63) is 0 Å². The molecule has 2 fully saturated rings. The third-order valence-corrected chi connectivity index (χ3v) is 5.13. The highest BCUT2D eigenvalue weighted by Crippen LogP contribution is 2.38. The Morgan fingerprint density at radius 2 is 2.10 bits per heavy atom. The van der Waals surface area contributed by atoms with Gasteiger partial charge >= 0.3 is 0 Å². The van der Waals surface area contributed by atoms with Crippen LogP contribution in [0.2, 0.25) is 0 Å². The minimum absolute atomic E-state index is 0.163. The predicted octanol–water partition coefficient (Wildman–Crippen LogP) is 1.74. The molecule has 1 amide bonds. The van der Waals surface area contributed by atoms with Crippen LogP contribution in [0.25, 0.3) is 0 Å². The summed E-state index contributed by atoms with van der Waals surface area (Å²) in [5.41, 5.74) is 5.23. The van der Waals surface area contributed by atoms with Crippen molar-refractivity contribution in [1.29, 1.82) is 0 Å². The fraction of sp³-hybridized carbons (Fsp3) is 0.938. The maximum absolute atomic E-state index is 11.9. The zero-order valence-corrected chi connectivity index (χ0v) is 13.3. The van der Waals surface area contributed by atoms with Crippen LogP contribution in [0, 0.1) is 11.8 Å². The van der Waals surface area contributed by atoms with Gasteiger partial charge in [-0.05, 0) is 57.5 Å². The van der Waals surface area contributed by atoms with Crippen molar-refractivity contribution >= 4 is 5.91 Å². The molecular weight excluding hydrogens is 250 g/mol. The molecule has 116 valence electrons. The van der Waals surface area contributed by atoms with Crippen LogP contribution in [0.5, 0.6) is 0 Å². The molecule has 0 radical (unpaired) electrons. The molecule has 0 aromatic rings. The number of carbonyl (C=O) groups excluding carboxylic acids is 1. The maximum atomic E-state index is 11.9. The lowest BCUT2D eigenvalue weighted by Crippen LogP contribution is -2.57. The number of amides is 1. The molecule has 2 rings (SSSR count). The van der Waals surface area contributed by atoms with Gasteiger partial charge in [0.05, 0.1) is 0 Å². The molecule has 0 spiro atoms. The van der Waals surface area contributed by atoms with Crippen molar-refractivity contribution in [2.75, 3.05) is 20.1 Å². The number of hydrogen-bond acceptors (Lipinski definition) is 3. The monoisotopic (exact) mass is 281 g/mol. The normalized spacial score (nSPS) is 30.4. The van der Waals surface area contributed by atoms with Gasteiger partial charge in [0.25, 0.3) is 0 Å². The van der Waals surface area contributed by atoms with Gasteiger partial charge < -0.3 is 16.0 Å². The summed E-state index contributed by atoms with van der Waals surface area (Å²) < 4.78 is 0. The number of rotatable bonds is 8. The van der Waals surface area contributed by atoms with Crippen LogP contribution in [0.1, 0.15) is 52.4 Å². The van der Waals surface area contributed by atoms with E-state index in [-0.39, 0.29) is 5.91 Å². The highest BCUT2D eigenvalue weighted by Gasteiger charge is 2.46. The van der Waals surface area contributed by atoms with Crippen molar-refractivity contribution in [2.45, 2.75) is 64.0 Å². The molecule has 0 saturated heterocycles. The number of nitrogens with two attached hydrogens (primary N) is 1. The Balaban J connectivity index is 1.92. The van der Waals surface area contributed by atoms with Gasteiger partial charge in [-0.1, -0.05) is 20.3 Å². The molecule has 2 aliphatic rings. The summed E-state index contributed by atoms with van der Waals surface area (Å²) >= 11 is 0. The predicted molar refractivity (Wildman–Crippen MR) is 82.4 cm³/mol. The summed E-state index contributed by atoms with van der Waals surface area (Å²) in [4.78, 5) is 14.5. The summed E-state index contributed by atoms with van der Waals surface area (Å²) in [6.07, 6.45) is 6.94. The van der Waals surface area contributed by atoms with E-state index in [9.17, 15) is 4.79 Å². The molecule has 20 heavy (non-hydrogen) atoms. The Hall–Kier alpha value is -0.610. The summed E-state index contributed by atoms with van der Waals surface area (Å²) in [6.45, 7) is 6.86.